The van der Waals surface area contributed by atoms with Crippen molar-refractivity contribution < 1.29 is 5.11 Å². The van der Waals surface area contributed by atoms with E-state index in [2.05, 4.69) is 14.9 Å². The topological polar surface area (TPSA) is 75.3 Å². The number of hydrogen-bond donors (Lipinski definition) is 2. The number of nitrogens with zero attached hydrogens (tertiary/aromatic N) is 3. The lowest BCUT2D eigenvalue weighted by Crippen LogP contribution is -2.36. The molecule has 16 heavy (non-hydrogen) atoms. The van der Waals surface area contributed by atoms with E-state index in [1.807, 2.05) is 0 Å². The third-order valence-electron chi connectivity index (χ3n) is 2.95. The standard InChI is InChI=1S/C11H18N4O/c12-10-3-4-13-11(14-10)7-15-5-1-2-9(6-15)8-16/h3-4,9,16H,1-2,5-8H2,(H2,12,13,14). The second kappa shape index (κ2) is 5.23. The van der Waals surface area contributed by atoms with E-state index < -0.39 is 0 Å². The van der Waals surface area contributed by atoms with Crippen LogP contribution in [0.5, 0.6) is 0 Å². The fourth-order valence-corrected chi connectivity index (χ4v) is 2.13. The Morgan fingerprint density at radius 1 is 1.56 bits per heavy atom. The summed E-state index contributed by atoms with van der Waals surface area (Å²) in [5, 5.41) is 9.14. The van der Waals surface area contributed by atoms with Gasteiger partial charge in [0.2, 0.25) is 0 Å². The Morgan fingerprint density at radius 2 is 2.44 bits per heavy atom. The van der Waals surface area contributed by atoms with Crippen molar-refractivity contribution in [1.29, 1.82) is 0 Å². The third-order valence-corrected chi connectivity index (χ3v) is 2.95. The molecule has 1 aliphatic rings. The molecule has 1 aromatic rings. The van der Waals surface area contributed by atoms with E-state index in [-0.39, 0.29) is 6.61 Å². The molecule has 0 spiro atoms. The number of rotatable bonds is 3. The molecule has 0 bridgehead atoms. The Morgan fingerprint density at radius 3 is 3.19 bits per heavy atom. The second-order valence-corrected chi connectivity index (χ2v) is 4.32. The first-order chi connectivity index (χ1) is 7.78. The van der Waals surface area contributed by atoms with Gasteiger partial charge in [0, 0.05) is 19.3 Å². The minimum absolute atomic E-state index is 0.272. The van der Waals surface area contributed by atoms with Crippen LogP contribution in [0.25, 0.3) is 0 Å². The molecule has 88 valence electrons. The molecule has 1 saturated heterocycles. The molecule has 0 radical (unpaired) electrons. The first-order valence-corrected chi connectivity index (χ1v) is 5.68. The van der Waals surface area contributed by atoms with Gasteiger partial charge in [0.15, 0.2) is 0 Å². The Bertz CT molecular complexity index is 345. The number of nitrogen functional groups attached to an aromatic ring is 1. The summed E-state index contributed by atoms with van der Waals surface area (Å²) in [5.74, 6) is 1.68. The Labute approximate surface area is 95.3 Å². The largest absolute Gasteiger partial charge is 0.396 e. The maximum atomic E-state index is 9.14. The van der Waals surface area contributed by atoms with Gasteiger partial charge in [0.1, 0.15) is 11.6 Å². The van der Waals surface area contributed by atoms with E-state index in [0.29, 0.717) is 11.7 Å². The monoisotopic (exact) mass is 222 g/mol. The number of likely N-dealkylation sites (tertiary alicyclic amines) is 1. The summed E-state index contributed by atoms with van der Waals surface area (Å²) in [6.45, 7) is 2.97. The van der Waals surface area contributed by atoms with Crippen molar-refractivity contribution in [2.75, 3.05) is 25.4 Å². The fourth-order valence-electron chi connectivity index (χ4n) is 2.13. The molecule has 1 fully saturated rings. The van der Waals surface area contributed by atoms with Crippen LogP contribution in [0.1, 0.15) is 18.7 Å². The zero-order valence-corrected chi connectivity index (χ0v) is 9.34. The van der Waals surface area contributed by atoms with Crippen molar-refractivity contribution in [3.63, 3.8) is 0 Å². The maximum Gasteiger partial charge on any atom is 0.144 e. The van der Waals surface area contributed by atoms with Crippen molar-refractivity contribution in [1.82, 2.24) is 14.9 Å². The highest BCUT2D eigenvalue weighted by Crippen LogP contribution is 2.17. The third kappa shape index (κ3) is 2.90. The van der Waals surface area contributed by atoms with E-state index in [0.717, 1.165) is 38.3 Å². The van der Waals surface area contributed by atoms with E-state index in [1.165, 1.54) is 0 Å². The van der Waals surface area contributed by atoms with Crippen LogP contribution in [0, 0.1) is 5.92 Å². The molecular weight excluding hydrogens is 204 g/mol. The molecule has 0 aromatic carbocycles. The minimum atomic E-state index is 0.272. The number of hydrogen-bond acceptors (Lipinski definition) is 5. The van der Waals surface area contributed by atoms with Gasteiger partial charge in [-0.25, -0.2) is 9.97 Å². The molecule has 2 rings (SSSR count). The number of aromatic nitrogens is 2. The average molecular weight is 222 g/mol. The fraction of sp³-hybridized carbons (Fsp3) is 0.636. The predicted molar refractivity (Wildman–Crippen MR) is 61.5 cm³/mol. The van der Waals surface area contributed by atoms with Crippen LogP contribution in [0.4, 0.5) is 5.82 Å². The molecule has 0 amide bonds. The summed E-state index contributed by atoms with van der Waals surface area (Å²) >= 11 is 0. The van der Waals surface area contributed by atoms with Gasteiger partial charge in [0.05, 0.1) is 6.54 Å². The Hall–Kier alpha value is -1.20. The van der Waals surface area contributed by atoms with Gasteiger partial charge >= 0.3 is 0 Å². The molecule has 1 aliphatic heterocycles. The number of aliphatic hydroxyl groups is 1. The van der Waals surface area contributed by atoms with Crippen LogP contribution < -0.4 is 5.73 Å². The predicted octanol–water partition coefficient (Wildman–Crippen LogP) is 0.263. The van der Waals surface area contributed by atoms with E-state index in [4.69, 9.17) is 10.8 Å². The molecular formula is C11H18N4O. The number of piperidine rings is 1. The normalized spacial score (nSPS) is 22.2. The maximum absolute atomic E-state index is 9.14. The van der Waals surface area contributed by atoms with Crippen molar-refractivity contribution >= 4 is 5.82 Å². The highest BCUT2D eigenvalue weighted by atomic mass is 16.3. The van der Waals surface area contributed by atoms with Crippen LogP contribution in [0.2, 0.25) is 0 Å². The summed E-state index contributed by atoms with van der Waals surface area (Å²) in [4.78, 5) is 10.6. The molecule has 5 nitrogen and oxygen atoms in total. The van der Waals surface area contributed by atoms with E-state index in [1.54, 1.807) is 12.3 Å². The molecule has 0 aliphatic carbocycles. The van der Waals surface area contributed by atoms with Crippen molar-refractivity contribution in [2.45, 2.75) is 19.4 Å². The summed E-state index contributed by atoms with van der Waals surface area (Å²) in [5.41, 5.74) is 5.61. The molecule has 1 atom stereocenters. The summed E-state index contributed by atoms with van der Waals surface area (Å²) in [6, 6.07) is 1.69. The lowest BCUT2D eigenvalue weighted by molar-refractivity contribution is 0.114. The zero-order valence-electron chi connectivity index (χ0n) is 9.34. The van der Waals surface area contributed by atoms with Gasteiger partial charge in [-0.1, -0.05) is 0 Å². The van der Waals surface area contributed by atoms with Crippen molar-refractivity contribution in [3.8, 4) is 0 Å². The molecule has 0 saturated carbocycles. The van der Waals surface area contributed by atoms with Gasteiger partial charge in [-0.3, -0.25) is 4.90 Å². The minimum Gasteiger partial charge on any atom is -0.396 e. The van der Waals surface area contributed by atoms with Gasteiger partial charge in [-0.2, -0.15) is 0 Å². The molecule has 1 unspecified atom stereocenters. The molecule has 5 heteroatoms. The van der Waals surface area contributed by atoms with Gasteiger partial charge in [-0.15, -0.1) is 0 Å². The quantitative estimate of drug-likeness (QED) is 0.767. The van der Waals surface area contributed by atoms with Crippen LogP contribution >= 0.6 is 0 Å². The number of anilines is 1. The Kier molecular flexibility index (Phi) is 3.69. The highest BCUT2D eigenvalue weighted by Gasteiger charge is 2.19. The average Bonchev–Trinajstić information content (AvgIpc) is 2.29. The van der Waals surface area contributed by atoms with Crippen LogP contribution in [-0.2, 0) is 6.54 Å². The molecule has 1 aromatic heterocycles. The zero-order chi connectivity index (χ0) is 11.4. The first kappa shape index (κ1) is 11.3. The summed E-state index contributed by atoms with van der Waals surface area (Å²) in [6.07, 6.45) is 3.93. The van der Waals surface area contributed by atoms with Crippen LogP contribution in [0.15, 0.2) is 12.3 Å². The first-order valence-electron chi connectivity index (χ1n) is 5.68. The van der Waals surface area contributed by atoms with Crippen LogP contribution in [-0.4, -0.2) is 39.7 Å². The summed E-state index contributed by atoms with van der Waals surface area (Å²) in [7, 11) is 0. The van der Waals surface area contributed by atoms with E-state index in [9.17, 15) is 0 Å². The number of aliphatic hydroxyl groups excluding tert-OH is 1. The molecule has 3 N–H and O–H groups in total. The summed E-state index contributed by atoms with van der Waals surface area (Å²) < 4.78 is 0. The lowest BCUT2D eigenvalue weighted by atomic mass is 9.99. The lowest BCUT2D eigenvalue weighted by Gasteiger charge is -2.31. The second-order valence-electron chi connectivity index (χ2n) is 4.32. The van der Waals surface area contributed by atoms with Gasteiger partial charge in [-0.05, 0) is 31.4 Å². The van der Waals surface area contributed by atoms with Gasteiger partial charge in [0.25, 0.3) is 0 Å². The van der Waals surface area contributed by atoms with Gasteiger partial charge < -0.3 is 10.8 Å². The molecule has 2 heterocycles. The van der Waals surface area contributed by atoms with Crippen LogP contribution in [0.3, 0.4) is 0 Å². The van der Waals surface area contributed by atoms with Crippen molar-refractivity contribution in [3.05, 3.63) is 18.1 Å². The smallest absolute Gasteiger partial charge is 0.144 e. The highest BCUT2D eigenvalue weighted by molar-refractivity contribution is 5.24. The van der Waals surface area contributed by atoms with Crippen molar-refractivity contribution in [2.24, 2.45) is 5.92 Å². The van der Waals surface area contributed by atoms with E-state index >= 15 is 0 Å². The number of nitrogens with two attached hydrogens (primary N) is 1. The SMILES string of the molecule is Nc1ccnc(CN2CCCC(CO)C2)n1. The Balaban J connectivity index is 1.94.